The van der Waals surface area contributed by atoms with Crippen molar-refractivity contribution in [2.75, 3.05) is 26.9 Å². The molecule has 0 aromatic heterocycles. The van der Waals surface area contributed by atoms with Gasteiger partial charge >= 0.3 is 0 Å². The van der Waals surface area contributed by atoms with Gasteiger partial charge in [-0.15, -0.1) is 0 Å². The van der Waals surface area contributed by atoms with E-state index in [-0.39, 0.29) is 12.7 Å². The monoisotopic (exact) mass is 278 g/mol. The van der Waals surface area contributed by atoms with Crippen molar-refractivity contribution in [3.05, 3.63) is 35.4 Å². The molecule has 0 radical (unpaired) electrons. The van der Waals surface area contributed by atoms with Crippen LogP contribution >= 0.6 is 0 Å². The van der Waals surface area contributed by atoms with E-state index in [1.54, 1.807) is 13.2 Å². The summed E-state index contributed by atoms with van der Waals surface area (Å²) < 4.78 is 10.4. The molecule has 0 fully saturated rings. The predicted molar refractivity (Wildman–Crippen MR) is 76.2 cm³/mol. The van der Waals surface area contributed by atoms with Crippen LogP contribution in [0.3, 0.4) is 0 Å². The van der Waals surface area contributed by atoms with Gasteiger partial charge in [0.05, 0.1) is 37.1 Å². The van der Waals surface area contributed by atoms with Crippen LogP contribution in [0.5, 0.6) is 0 Å². The number of rotatable bonds is 9. The van der Waals surface area contributed by atoms with E-state index in [0.29, 0.717) is 25.3 Å². The van der Waals surface area contributed by atoms with E-state index in [9.17, 15) is 5.11 Å². The minimum atomic E-state index is -0.562. The minimum Gasteiger partial charge on any atom is -0.389 e. The molecule has 20 heavy (non-hydrogen) atoms. The standard InChI is InChI=1S/C15H22N2O3/c1-12(10-19-2)20-11-15(18)9-17-8-14-5-3-4-13(6-14)7-16/h3-6,12,15,17-18H,8-11H2,1-2H3. The average Bonchev–Trinajstić information content (AvgIpc) is 2.46. The van der Waals surface area contributed by atoms with Crippen molar-refractivity contribution >= 4 is 0 Å². The van der Waals surface area contributed by atoms with Gasteiger partial charge in [0.2, 0.25) is 0 Å². The highest BCUT2D eigenvalue weighted by Crippen LogP contribution is 2.03. The largest absolute Gasteiger partial charge is 0.389 e. The molecule has 0 saturated heterocycles. The fourth-order valence-electron chi connectivity index (χ4n) is 1.75. The van der Waals surface area contributed by atoms with Gasteiger partial charge in [-0.25, -0.2) is 0 Å². The van der Waals surface area contributed by atoms with Crippen molar-refractivity contribution in [3.8, 4) is 6.07 Å². The second-order valence-electron chi connectivity index (χ2n) is 4.70. The van der Waals surface area contributed by atoms with Crippen LogP contribution in [0.4, 0.5) is 0 Å². The first-order chi connectivity index (χ1) is 9.65. The number of ether oxygens (including phenoxy) is 2. The molecule has 0 saturated carbocycles. The van der Waals surface area contributed by atoms with Crippen LogP contribution in [0, 0.1) is 11.3 Å². The lowest BCUT2D eigenvalue weighted by molar-refractivity contribution is -0.0311. The predicted octanol–water partition coefficient (Wildman–Crippen LogP) is 1.06. The number of hydrogen-bond donors (Lipinski definition) is 2. The quantitative estimate of drug-likeness (QED) is 0.706. The molecule has 2 atom stereocenters. The molecule has 0 aliphatic rings. The first-order valence-corrected chi connectivity index (χ1v) is 6.64. The van der Waals surface area contributed by atoms with E-state index in [1.165, 1.54) is 0 Å². The lowest BCUT2D eigenvalue weighted by Crippen LogP contribution is -2.32. The summed E-state index contributed by atoms with van der Waals surface area (Å²) in [5.41, 5.74) is 1.66. The van der Waals surface area contributed by atoms with E-state index in [2.05, 4.69) is 11.4 Å². The summed E-state index contributed by atoms with van der Waals surface area (Å²) in [4.78, 5) is 0. The van der Waals surface area contributed by atoms with E-state index < -0.39 is 6.10 Å². The summed E-state index contributed by atoms with van der Waals surface area (Å²) in [5, 5.41) is 21.7. The molecule has 0 amide bonds. The molecule has 0 heterocycles. The molecule has 1 rings (SSSR count). The maximum atomic E-state index is 9.76. The maximum absolute atomic E-state index is 9.76. The van der Waals surface area contributed by atoms with Crippen LogP contribution in [0.25, 0.3) is 0 Å². The van der Waals surface area contributed by atoms with Gasteiger partial charge in [-0.1, -0.05) is 12.1 Å². The van der Waals surface area contributed by atoms with Gasteiger partial charge in [0.25, 0.3) is 0 Å². The van der Waals surface area contributed by atoms with Gasteiger partial charge in [0.15, 0.2) is 0 Å². The van der Waals surface area contributed by atoms with Gasteiger partial charge in [-0.2, -0.15) is 5.26 Å². The van der Waals surface area contributed by atoms with Crippen molar-refractivity contribution in [2.45, 2.75) is 25.7 Å². The van der Waals surface area contributed by atoms with E-state index in [4.69, 9.17) is 14.7 Å². The Morgan fingerprint density at radius 2 is 2.20 bits per heavy atom. The maximum Gasteiger partial charge on any atom is 0.0991 e. The number of aliphatic hydroxyl groups excluding tert-OH is 1. The van der Waals surface area contributed by atoms with Crippen LogP contribution in [-0.4, -0.2) is 44.2 Å². The average molecular weight is 278 g/mol. The van der Waals surface area contributed by atoms with Crippen molar-refractivity contribution in [1.29, 1.82) is 5.26 Å². The SMILES string of the molecule is COCC(C)OCC(O)CNCc1cccc(C#N)c1. The van der Waals surface area contributed by atoms with Crippen LogP contribution in [0.15, 0.2) is 24.3 Å². The topological polar surface area (TPSA) is 74.5 Å². The summed E-state index contributed by atoms with van der Waals surface area (Å²) in [6.45, 7) is 3.74. The van der Waals surface area contributed by atoms with Gasteiger partial charge in [-0.3, -0.25) is 0 Å². The normalized spacial score (nSPS) is 13.7. The van der Waals surface area contributed by atoms with E-state index in [0.717, 1.165) is 5.56 Å². The van der Waals surface area contributed by atoms with Gasteiger partial charge in [-0.05, 0) is 24.6 Å². The lowest BCUT2D eigenvalue weighted by Gasteiger charge is -2.16. The van der Waals surface area contributed by atoms with Crippen LogP contribution in [0.2, 0.25) is 0 Å². The molecule has 0 aliphatic heterocycles. The number of nitriles is 1. The second kappa shape index (κ2) is 9.45. The molecular weight excluding hydrogens is 256 g/mol. The fraction of sp³-hybridized carbons (Fsp3) is 0.533. The molecular formula is C15H22N2O3. The molecule has 0 bridgehead atoms. The highest BCUT2D eigenvalue weighted by molar-refractivity contribution is 5.32. The summed E-state index contributed by atoms with van der Waals surface area (Å²) >= 11 is 0. The molecule has 5 heteroatoms. The third kappa shape index (κ3) is 6.64. The van der Waals surface area contributed by atoms with Crippen molar-refractivity contribution < 1.29 is 14.6 Å². The fourth-order valence-corrected chi connectivity index (χ4v) is 1.75. The molecule has 0 spiro atoms. The van der Waals surface area contributed by atoms with Crippen molar-refractivity contribution in [1.82, 2.24) is 5.32 Å². The molecule has 5 nitrogen and oxygen atoms in total. The smallest absolute Gasteiger partial charge is 0.0991 e. The molecule has 1 aromatic rings. The third-order valence-corrected chi connectivity index (χ3v) is 2.74. The Kier molecular flexibility index (Phi) is 7.85. The Labute approximate surface area is 120 Å². The zero-order valence-electron chi connectivity index (χ0n) is 12.0. The number of methoxy groups -OCH3 is 1. The Morgan fingerprint density at radius 1 is 1.40 bits per heavy atom. The molecule has 1 aromatic carbocycles. The Hall–Kier alpha value is -1.45. The summed E-state index contributed by atoms with van der Waals surface area (Å²) in [7, 11) is 1.62. The number of aliphatic hydroxyl groups is 1. The van der Waals surface area contributed by atoms with Gasteiger partial charge < -0.3 is 19.9 Å². The Bertz CT molecular complexity index is 431. The lowest BCUT2D eigenvalue weighted by atomic mass is 10.1. The Morgan fingerprint density at radius 3 is 2.90 bits per heavy atom. The zero-order chi connectivity index (χ0) is 14.8. The molecule has 2 N–H and O–H groups in total. The highest BCUT2D eigenvalue weighted by Gasteiger charge is 2.07. The number of nitrogens with one attached hydrogen (secondary N) is 1. The Balaban J connectivity index is 2.21. The van der Waals surface area contributed by atoms with Crippen LogP contribution < -0.4 is 5.32 Å². The van der Waals surface area contributed by atoms with Crippen LogP contribution in [0.1, 0.15) is 18.1 Å². The molecule has 0 aliphatic carbocycles. The first-order valence-electron chi connectivity index (χ1n) is 6.64. The molecule has 2 unspecified atom stereocenters. The van der Waals surface area contributed by atoms with Crippen molar-refractivity contribution in [3.63, 3.8) is 0 Å². The second-order valence-corrected chi connectivity index (χ2v) is 4.70. The highest BCUT2D eigenvalue weighted by atomic mass is 16.5. The van der Waals surface area contributed by atoms with Crippen molar-refractivity contribution in [2.24, 2.45) is 0 Å². The third-order valence-electron chi connectivity index (χ3n) is 2.74. The van der Waals surface area contributed by atoms with E-state index >= 15 is 0 Å². The van der Waals surface area contributed by atoms with Gasteiger partial charge in [0, 0.05) is 20.2 Å². The molecule has 110 valence electrons. The zero-order valence-corrected chi connectivity index (χ0v) is 12.0. The van der Waals surface area contributed by atoms with Gasteiger partial charge in [0.1, 0.15) is 0 Å². The number of benzene rings is 1. The summed E-state index contributed by atoms with van der Waals surface area (Å²) in [6, 6.07) is 9.49. The first kappa shape index (κ1) is 16.6. The number of nitrogens with zero attached hydrogens (tertiary/aromatic N) is 1. The van der Waals surface area contributed by atoms with Crippen LogP contribution in [-0.2, 0) is 16.0 Å². The summed E-state index contributed by atoms with van der Waals surface area (Å²) in [6.07, 6.45) is -0.588. The summed E-state index contributed by atoms with van der Waals surface area (Å²) in [5.74, 6) is 0. The van der Waals surface area contributed by atoms with E-state index in [1.807, 2.05) is 25.1 Å². The minimum absolute atomic E-state index is 0.0260. The number of hydrogen-bond acceptors (Lipinski definition) is 5.